The molecule has 7 N–H and O–H groups in total. The van der Waals surface area contributed by atoms with Gasteiger partial charge in [0.25, 0.3) is 0 Å². The van der Waals surface area contributed by atoms with E-state index in [0.717, 1.165) is 54.9 Å². The summed E-state index contributed by atoms with van der Waals surface area (Å²) in [7, 11) is 0. The molecule has 236 valence electrons. The number of benzene rings is 2. The van der Waals surface area contributed by atoms with Crippen molar-refractivity contribution in [3.63, 3.8) is 0 Å². The molecular weight excluding hydrogens is 542 g/mol. The topological polar surface area (TPSA) is 156 Å². The molecule has 1 aliphatic carbocycles. The van der Waals surface area contributed by atoms with Crippen molar-refractivity contribution in [3.8, 4) is 0 Å². The van der Waals surface area contributed by atoms with E-state index in [1.54, 1.807) is 0 Å². The number of nitrogens with one attached hydrogen (secondary N) is 3. The lowest BCUT2D eigenvalue weighted by Gasteiger charge is -2.30. The molecule has 3 rings (SSSR count). The van der Waals surface area contributed by atoms with Gasteiger partial charge in [0.2, 0.25) is 23.6 Å². The van der Waals surface area contributed by atoms with Gasteiger partial charge in [-0.3, -0.25) is 19.2 Å². The molecule has 2 aromatic rings. The maximum atomic E-state index is 13.8. The van der Waals surface area contributed by atoms with Crippen LogP contribution in [0.1, 0.15) is 90.5 Å². The number of rotatable bonds is 16. The van der Waals surface area contributed by atoms with Gasteiger partial charge in [0.1, 0.15) is 18.1 Å². The highest BCUT2D eigenvalue weighted by molar-refractivity contribution is 5.95. The van der Waals surface area contributed by atoms with Gasteiger partial charge in [0, 0.05) is 6.42 Å². The average molecular weight is 594 g/mol. The number of unbranched alkanes of at least 4 members (excludes halogenated alkanes) is 1. The van der Waals surface area contributed by atoms with E-state index in [0.29, 0.717) is 25.2 Å². The minimum atomic E-state index is -0.949. The molecule has 0 spiro atoms. The first-order chi connectivity index (χ1) is 20.6. The third kappa shape index (κ3) is 10.3. The fourth-order valence-corrected chi connectivity index (χ4v) is 5.86. The van der Waals surface area contributed by atoms with E-state index in [1.807, 2.05) is 63.2 Å². The van der Waals surface area contributed by atoms with Crippen molar-refractivity contribution in [2.24, 2.45) is 23.3 Å². The molecule has 43 heavy (non-hydrogen) atoms. The lowest BCUT2D eigenvalue weighted by molar-refractivity contribution is -0.134. The van der Waals surface area contributed by atoms with E-state index in [9.17, 15) is 19.2 Å². The minimum Gasteiger partial charge on any atom is -0.368 e. The van der Waals surface area contributed by atoms with Crippen LogP contribution in [0.3, 0.4) is 0 Å². The Morgan fingerprint density at radius 3 is 2.19 bits per heavy atom. The predicted octanol–water partition coefficient (Wildman–Crippen LogP) is 3.86. The van der Waals surface area contributed by atoms with Gasteiger partial charge in [-0.15, -0.1) is 0 Å². The predicted molar refractivity (Wildman–Crippen MR) is 171 cm³/mol. The summed E-state index contributed by atoms with van der Waals surface area (Å²) < 4.78 is 0. The number of fused-ring (bicyclic) bond motifs is 1. The zero-order valence-electron chi connectivity index (χ0n) is 26.1. The highest BCUT2D eigenvalue weighted by atomic mass is 16.2. The second kappa shape index (κ2) is 17.0. The molecule has 0 bridgehead atoms. The van der Waals surface area contributed by atoms with E-state index in [-0.39, 0.29) is 12.3 Å². The van der Waals surface area contributed by atoms with Crippen LogP contribution in [0.2, 0.25) is 0 Å². The van der Waals surface area contributed by atoms with Gasteiger partial charge in [-0.2, -0.15) is 0 Å². The van der Waals surface area contributed by atoms with Crippen LogP contribution in [-0.4, -0.2) is 47.8 Å². The molecule has 0 aromatic heterocycles. The lowest BCUT2D eigenvalue weighted by Crippen LogP contribution is -2.59. The summed E-state index contributed by atoms with van der Waals surface area (Å²) in [6.07, 6.45) is 9.00. The van der Waals surface area contributed by atoms with Gasteiger partial charge < -0.3 is 27.4 Å². The molecule has 5 atom stereocenters. The second-order valence-electron chi connectivity index (χ2n) is 12.3. The molecule has 9 heteroatoms. The van der Waals surface area contributed by atoms with E-state index < -0.39 is 47.8 Å². The largest absolute Gasteiger partial charge is 0.368 e. The molecule has 9 nitrogen and oxygen atoms in total. The highest BCUT2D eigenvalue weighted by Gasteiger charge is 2.33. The van der Waals surface area contributed by atoms with Crippen molar-refractivity contribution in [1.29, 1.82) is 0 Å². The lowest BCUT2D eigenvalue weighted by atomic mass is 9.84. The van der Waals surface area contributed by atoms with Crippen LogP contribution in [0.15, 0.2) is 42.5 Å². The Kier molecular flexibility index (Phi) is 13.4. The minimum absolute atomic E-state index is 0.226. The Morgan fingerprint density at radius 1 is 0.860 bits per heavy atom. The van der Waals surface area contributed by atoms with Gasteiger partial charge in [0.15, 0.2) is 0 Å². The van der Waals surface area contributed by atoms with Gasteiger partial charge in [-0.25, -0.2) is 0 Å². The summed E-state index contributed by atoms with van der Waals surface area (Å²) in [6.45, 7) is 5.84. The normalized spacial score (nSPS) is 17.3. The van der Waals surface area contributed by atoms with Crippen molar-refractivity contribution < 1.29 is 19.2 Å². The first-order valence-corrected chi connectivity index (χ1v) is 16.1. The van der Waals surface area contributed by atoms with E-state index in [2.05, 4.69) is 16.0 Å². The number of primary amides is 1. The first-order valence-electron chi connectivity index (χ1n) is 16.1. The Morgan fingerprint density at radius 2 is 1.53 bits per heavy atom. The molecule has 1 aliphatic rings. The van der Waals surface area contributed by atoms with Crippen molar-refractivity contribution in [1.82, 2.24) is 16.0 Å². The Hall–Kier alpha value is -3.46. The summed E-state index contributed by atoms with van der Waals surface area (Å²) in [6, 6.07) is 10.5. The zero-order chi connectivity index (χ0) is 31.4. The smallest absolute Gasteiger partial charge is 0.243 e. The van der Waals surface area contributed by atoms with E-state index in [4.69, 9.17) is 11.5 Å². The fourth-order valence-electron chi connectivity index (χ4n) is 5.86. The van der Waals surface area contributed by atoms with Gasteiger partial charge in [0.05, 0.1) is 6.04 Å². The second-order valence-corrected chi connectivity index (χ2v) is 12.3. The SMILES string of the molecule is CCCC[C@H](N)C(=O)N[C@@H](Cc1ccc2ccccc2c1)C(=O)N[C@@H](C(=O)N[C@@H](CC1CCCCC1)C(N)=O)[C@@H](C)CC. The Labute approximate surface area is 256 Å². The summed E-state index contributed by atoms with van der Waals surface area (Å²) >= 11 is 0. The molecular formula is C34H51N5O4. The van der Waals surface area contributed by atoms with Gasteiger partial charge in [-0.05, 0) is 41.0 Å². The van der Waals surface area contributed by atoms with Crippen LogP contribution in [0.25, 0.3) is 10.8 Å². The summed E-state index contributed by atoms with van der Waals surface area (Å²) in [5, 5.41) is 10.7. The molecule has 0 radical (unpaired) electrons. The number of carbonyl (C=O) groups excluding carboxylic acids is 4. The van der Waals surface area contributed by atoms with E-state index in [1.165, 1.54) is 6.42 Å². The van der Waals surface area contributed by atoms with Crippen molar-refractivity contribution in [2.75, 3.05) is 0 Å². The Bertz CT molecular complexity index is 1230. The summed E-state index contributed by atoms with van der Waals surface area (Å²) in [5.41, 5.74) is 12.7. The number of amides is 4. The van der Waals surface area contributed by atoms with Gasteiger partial charge in [-0.1, -0.05) is 115 Å². The third-order valence-electron chi connectivity index (χ3n) is 8.84. The maximum Gasteiger partial charge on any atom is 0.243 e. The molecule has 1 saturated carbocycles. The highest BCUT2D eigenvalue weighted by Crippen LogP contribution is 2.27. The third-order valence-corrected chi connectivity index (χ3v) is 8.84. The Balaban J connectivity index is 1.80. The molecule has 0 heterocycles. The van der Waals surface area contributed by atoms with Crippen LogP contribution in [0.5, 0.6) is 0 Å². The number of carbonyl (C=O) groups is 4. The monoisotopic (exact) mass is 593 g/mol. The number of hydrogen-bond donors (Lipinski definition) is 5. The molecule has 1 fully saturated rings. The zero-order valence-corrected chi connectivity index (χ0v) is 26.1. The fraction of sp³-hybridized carbons (Fsp3) is 0.588. The summed E-state index contributed by atoms with van der Waals surface area (Å²) in [4.78, 5) is 52.7. The van der Waals surface area contributed by atoms with Crippen molar-refractivity contribution in [3.05, 3.63) is 48.0 Å². The number of nitrogens with two attached hydrogens (primary N) is 2. The number of hydrogen-bond acceptors (Lipinski definition) is 5. The quantitative estimate of drug-likeness (QED) is 0.200. The van der Waals surface area contributed by atoms with Crippen LogP contribution < -0.4 is 27.4 Å². The standard InChI is InChI=1S/C34H51N5O4/c1-4-6-16-27(35)32(41)38-29(21-24-17-18-25-14-10-11-15-26(25)19-24)33(42)39-30(22(3)5-2)34(43)37-28(31(36)40)20-23-12-8-7-9-13-23/h10-11,14-15,17-19,22-23,27-30H,4-9,12-13,16,20-21,35H2,1-3H3,(H2,36,40)(H,37,43)(H,38,41)(H,39,42)/t22-,27-,28-,29-,30+/m0/s1. The van der Waals surface area contributed by atoms with Crippen LogP contribution in [0, 0.1) is 11.8 Å². The molecule has 2 aromatic carbocycles. The van der Waals surface area contributed by atoms with Crippen molar-refractivity contribution in [2.45, 2.75) is 116 Å². The van der Waals surface area contributed by atoms with E-state index >= 15 is 0 Å². The molecule has 4 amide bonds. The maximum absolute atomic E-state index is 13.8. The molecule has 0 aliphatic heterocycles. The summed E-state index contributed by atoms with van der Waals surface area (Å²) in [5.74, 6) is -1.79. The first kappa shape index (κ1) is 34.0. The molecule has 0 saturated heterocycles. The van der Waals surface area contributed by atoms with Crippen LogP contribution in [-0.2, 0) is 25.6 Å². The van der Waals surface area contributed by atoms with Crippen molar-refractivity contribution >= 4 is 34.4 Å². The average Bonchev–Trinajstić information content (AvgIpc) is 3.01. The van der Waals surface area contributed by atoms with Crippen LogP contribution >= 0.6 is 0 Å². The van der Waals surface area contributed by atoms with Gasteiger partial charge >= 0.3 is 0 Å². The molecule has 0 unspecified atom stereocenters. The van der Waals surface area contributed by atoms with Crippen LogP contribution in [0.4, 0.5) is 0 Å².